The Morgan fingerprint density at radius 1 is 1.12 bits per heavy atom. The second-order valence-electron chi connectivity index (χ2n) is 6.86. The van der Waals surface area contributed by atoms with Crippen LogP contribution in [0.4, 0.5) is 5.69 Å². The molecular formula is C18H24N2O3S. The van der Waals surface area contributed by atoms with Crippen molar-refractivity contribution < 1.29 is 13.2 Å². The first-order valence-corrected chi connectivity index (χ1v) is 9.17. The number of rotatable bonds is 4. The van der Waals surface area contributed by atoms with E-state index in [0.29, 0.717) is 17.0 Å². The van der Waals surface area contributed by atoms with E-state index in [-0.39, 0.29) is 10.3 Å². The zero-order valence-corrected chi connectivity index (χ0v) is 15.8. The quantitative estimate of drug-likeness (QED) is 0.912. The third-order valence-electron chi connectivity index (χ3n) is 3.74. The minimum atomic E-state index is -3.70. The molecule has 1 aromatic heterocycles. The number of nitrogens with one attached hydrogen (secondary N) is 1. The van der Waals surface area contributed by atoms with Crippen LogP contribution in [0, 0.1) is 13.8 Å². The van der Waals surface area contributed by atoms with Crippen molar-refractivity contribution in [2.45, 2.75) is 44.9 Å². The van der Waals surface area contributed by atoms with Crippen molar-refractivity contribution in [2.24, 2.45) is 0 Å². The number of aromatic nitrogens is 1. The van der Waals surface area contributed by atoms with Crippen molar-refractivity contribution in [1.29, 1.82) is 0 Å². The van der Waals surface area contributed by atoms with Gasteiger partial charge >= 0.3 is 0 Å². The van der Waals surface area contributed by atoms with Gasteiger partial charge in [-0.3, -0.25) is 9.71 Å². The summed E-state index contributed by atoms with van der Waals surface area (Å²) in [4.78, 5) is 4.33. The van der Waals surface area contributed by atoms with E-state index in [1.54, 1.807) is 44.5 Å². The molecule has 0 aliphatic rings. The second-order valence-corrected chi connectivity index (χ2v) is 8.51. The molecule has 0 fully saturated rings. The van der Waals surface area contributed by atoms with E-state index >= 15 is 0 Å². The van der Waals surface area contributed by atoms with Gasteiger partial charge in [0.1, 0.15) is 5.75 Å². The molecule has 2 rings (SSSR count). The van der Waals surface area contributed by atoms with Crippen LogP contribution in [0.25, 0.3) is 0 Å². The lowest BCUT2D eigenvalue weighted by Crippen LogP contribution is -2.18. The molecule has 24 heavy (non-hydrogen) atoms. The van der Waals surface area contributed by atoms with E-state index in [2.05, 4.69) is 9.71 Å². The van der Waals surface area contributed by atoms with Gasteiger partial charge in [0.05, 0.1) is 17.7 Å². The molecule has 6 heteroatoms. The highest BCUT2D eigenvalue weighted by molar-refractivity contribution is 7.92. The van der Waals surface area contributed by atoms with Crippen molar-refractivity contribution in [2.75, 3.05) is 11.8 Å². The predicted molar refractivity (Wildman–Crippen MR) is 96.2 cm³/mol. The topological polar surface area (TPSA) is 68.3 Å². The van der Waals surface area contributed by atoms with E-state index < -0.39 is 10.0 Å². The van der Waals surface area contributed by atoms with Crippen LogP contribution in [0.1, 0.15) is 37.6 Å². The summed E-state index contributed by atoms with van der Waals surface area (Å²) in [6.45, 7) is 9.65. The minimum absolute atomic E-state index is 0.240. The molecule has 0 radical (unpaired) electrons. The summed E-state index contributed by atoms with van der Waals surface area (Å²) in [7, 11) is -2.11. The highest BCUT2D eigenvalue weighted by Crippen LogP contribution is 2.35. The first-order chi connectivity index (χ1) is 11.0. The molecule has 0 saturated carbocycles. The van der Waals surface area contributed by atoms with Crippen LogP contribution in [0.5, 0.6) is 5.75 Å². The van der Waals surface area contributed by atoms with Gasteiger partial charge in [-0.05, 0) is 49.1 Å². The fraction of sp³-hybridized carbons (Fsp3) is 0.389. The molecule has 0 amide bonds. The molecule has 0 unspecified atom stereocenters. The van der Waals surface area contributed by atoms with Gasteiger partial charge in [-0.2, -0.15) is 0 Å². The van der Waals surface area contributed by atoms with Crippen LogP contribution in [0.15, 0.2) is 35.4 Å². The Morgan fingerprint density at radius 3 is 2.33 bits per heavy atom. The molecule has 0 bridgehead atoms. The molecule has 1 N–H and O–H groups in total. The lowest BCUT2D eigenvalue weighted by atomic mass is 9.86. The number of aryl methyl sites for hydroxylation is 2. The Morgan fingerprint density at radius 2 is 1.79 bits per heavy atom. The number of hydrogen-bond donors (Lipinski definition) is 1. The molecule has 1 heterocycles. The summed E-state index contributed by atoms with van der Waals surface area (Å²) in [5, 5.41) is 0. The van der Waals surface area contributed by atoms with Gasteiger partial charge in [0.15, 0.2) is 0 Å². The Hall–Kier alpha value is -2.08. The third-order valence-corrected chi connectivity index (χ3v) is 5.27. The largest absolute Gasteiger partial charge is 0.496 e. The number of pyridine rings is 1. The molecule has 130 valence electrons. The SMILES string of the molecule is COc1cc(C)c(S(=O)(=O)Nc2ccnc(C)c2)cc1C(C)(C)C. The summed E-state index contributed by atoms with van der Waals surface area (Å²) >= 11 is 0. The van der Waals surface area contributed by atoms with Gasteiger partial charge in [-0.25, -0.2) is 8.42 Å². The Bertz CT molecular complexity index is 853. The minimum Gasteiger partial charge on any atom is -0.496 e. The van der Waals surface area contributed by atoms with Crippen LogP contribution in [0.3, 0.4) is 0 Å². The molecule has 0 atom stereocenters. The molecule has 0 aliphatic heterocycles. The molecule has 0 spiro atoms. The van der Waals surface area contributed by atoms with Crippen molar-refractivity contribution in [1.82, 2.24) is 4.98 Å². The number of anilines is 1. The number of ether oxygens (including phenoxy) is 1. The van der Waals surface area contributed by atoms with E-state index in [4.69, 9.17) is 4.74 Å². The number of hydrogen-bond acceptors (Lipinski definition) is 4. The van der Waals surface area contributed by atoms with Gasteiger partial charge in [0, 0.05) is 17.5 Å². The van der Waals surface area contributed by atoms with Gasteiger partial charge in [-0.15, -0.1) is 0 Å². The maximum absolute atomic E-state index is 12.8. The van der Waals surface area contributed by atoms with Gasteiger partial charge < -0.3 is 4.74 Å². The summed E-state index contributed by atoms with van der Waals surface area (Å²) in [5.74, 6) is 0.693. The van der Waals surface area contributed by atoms with Crippen LogP contribution < -0.4 is 9.46 Å². The maximum atomic E-state index is 12.8. The van der Waals surface area contributed by atoms with Crippen LogP contribution in [-0.4, -0.2) is 20.5 Å². The Kier molecular flexibility index (Phi) is 4.90. The van der Waals surface area contributed by atoms with Gasteiger partial charge in [0.2, 0.25) is 0 Å². The number of benzene rings is 1. The van der Waals surface area contributed by atoms with Gasteiger partial charge in [0.25, 0.3) is 10.0 Å². The monoisotopic (exact) mass is 348 g/mol. The maximum Gasteiger partial charge on any atom is 0.262 e. The summed E-state index contributed by atoms with van der Waals surface area (Å²) < 4.78 is 33.7. The Labute approximate surface area is 144 Å². The van der Waals surface area contributed by atoms with Crippen LogP contribution in [0.2, 0.25) is 0 Å². The zero-order valence-electron chi connectivity index (χ0n) is 15.0. The lowest BCUT2D eigenvalue weighted by molar-refractivity contribution is 0.396. The summed E-state index contributed by atoms with van der Waals surface area (Å²) in [6, 6.07) is 6.80. The Balaban J connectivity index is 2.54. The lowest BCUT2D eigenvalue weighted by Gasteiger charge is -2.24. The van der Waals surface area contributed by atoms with Crippen molar-refractivity contribution in [3.63, 3.8) is 0 Å². The molecule has 0 aliphatic carbocycles. The normalized spacial score (nSPS) is 12.1. The average Bonchev–Trinajstić information content (AvgIpc) is 2.44. The van der Waals surface area contributed by atoms with Crippen molar-refractivity contribution in [3.05, 3.63) is 47.3 Å². The average molecular weight is 348 g/mol. The number of nitrogens with zero attached hydrogens (tertiary/aromatic N) is 1. The molecule has 1 aromatic carbocycles. The molecule has 0 saturated heterocycles. The van der Waals surface area contributed by atoms with E-state index in [1.807, 2.05) is 27.7 Å². The summed E-state index contributed by atoms with van der Waals surface area (Å²) in [6.07, 6.45) is 1.58. The molecule has 5 nitrogen and oxygen atoms in total. The first kappa shape index (κ1) is 18.3. The van der Waals surface area contributed by atoms with E-state index in [0.717, 1.165) is 11.3 Å². The second kappa shape index (κ2) is 6.43. The van der Waals surface area contributed by atoms with Gasteiger partial charge in [-0.1, -0.05) is 20.8 Å². The first-order valence-electron chi connectivity index (χ1n) is 7.69. The van der Waals surface area contributed by atoms with E-state index in [1.165, 1.54) is 0 Å². The molecular weight excluding hydrogens is 324 g/mol. The van der Waals surface area contributed by atoms with E-state index in [9.17, 15) is 8.42 Å². The third kappa shape index (κ3) is 3.87. The molecule has 2 aromatic rings. The smallest absolute Gasteiger partial charge is 0.262 e. The van der Waals surface area contributed by atoms with Crippen molar-refractivity contribution >= 4 is 15.7 Å². The number of sulfonamides is 1. The van der Waals surface area contributed by atoms with Crippen molar-refractivity contribution in [3.8, 4) is 5.75 Å². The van der Waals surface area contributed by atoms with Crippen LogP contribution >= 0.6 is 0 Å². The highest BCUT2D eigenvalue weighted by atomic mass is 32.2. The fourth-order valence-electron chi connectivity index (χ4n) is 2.53. The standard InChI is InChI=1S/C18H24N2O3S/c1-12-9-16(23-6)15(18(3,4)5)11-17(12)24(21,22)20-14-7-8-19-13(2)10-14/h7-11H,1-6H3,(H,19,20). The predicted octanol–water partition coefficient (Wildman–Crippen LogP) is 3.81. The highest BCUT2D eigenvalue weighted by Gasteiger charge is 2.25. The van der Waals surface area contributed by atoms with Crippen LogP contribution in [-0.2, 0) is 15.4 Å². The number of methoxy groups -OCH3 is 1. The fourth-order valence-corrected chi connectivity index (χ4v) is 3.83. The zero-order chi connectivity index (χ0) is 18.1. The summed E-state index contributed by atoms with van der Waals surface area (Å²) in [5.41, 5.74) is 2.49.